The minimum atomic E-state index is -2.11. The predicted molar refractivity (Wildman–Crippen MR) is 136 cm³/mol. The minimum absolute atomic E-state index is 0.684. The maximum absolute atomic E-state index is 2.44. The summed E-state index contributed by atoms with van der Waals surface area (Å²) in [6.07, 6.45) is 6.05. The molecule has 0 aromatic heterocycles. The second-order valence-electron chi connectivity index (χ2n) is 8.64. The molecular formula is C30H28Si. The van der Waals surface area contributed by atoms with E-state index in [2.05, 4.69) is 133 Å². The average molecular weight is 417 g/mol. The zero-order chi connectivity index (χ0) is 20.9. The van der Waals surface area contributed by atoms with E-state index in [9.17, 15) is 0 Å². The molecule has 0 nitrogen and oxygen atoms in total. The van der Waals surface area contributed by atoms with E-state index in [1.54, 1.807) is 0 Å². The van der Waals surface area contributed by atoms with Crippen LogP contribution >= 0.6 is 0 Å². The molecule has 1 aliphatic carbocycles. The highest BCUT2D eigenvalue weighted by molar-refractivity contribution is 7.11. The molecule has 0 saturated heterocycles. The number of rotatable bonds is 7. The first-order valence-electron chi connectivity index (χ1n) is 11.3. The normalized spacial score (nSPS) is 18.2. The summed E-state index contributed by atoms with van der Waals surface area (Å²) in [7, 11) is -2.11. The lowest BCUT2D eigenvalue weighted by Crippen LogP contribution is -2.67. The maximum Gasteiger partial charge on any atom is 0.148 e. The van der Waals surface area contributed by atoms with Gasteiger partial charge in [0.1, 0.15) is 8.07 Å². The van der Waals surface area contributed by atoms with Gasteiger partial charge in [-0.2, -0.15) is 0 Å². The molecule has 0 amide bonds. The third-order valence-corrected chi connectivity index (χ3v) is 11.8. The first kappa shape index (κ1) is 19.8. The predicted octanol–water partition coefficient (Wildman–Crippen LogP) is 5.51. The van der Waals surface area contributed by atoms with E-state index in [1.807, 2.05) is 0 Å². The van der Waals surface area contributed by atoms with Crippen molar-refractivity contribution in [3.8, 4) is 0 Å². The summed E-state index contributed by atoms with van der Waals surface area (Å²) in [5.41, 5.74) is 1.30. The first-order chi connectivity index (χ1) is 15.4. The van der Waals surface area contributed by atoms with Crippen molar-refractivity contribution in [2.24, 2.45) is 11.8 Å². The molecule has 1 aliphatic rings. The Morgan fingerprint density at radius 1 is 0.581 bits per heavy atom. The quantitative estimate of drug-likeness (QED) is 0.275. The van der Waals surface area contributed by atoms with Gasteiger partial charge in [-0.05, 0) is 45.4 Å². The highest BCUT2D eigenvalue weighted by Gasteiger charge is 2.47. The molecule has 1 heteroatoms. The molecule has 4 aromatic carbocycles. The van der Waals surface area contributed by atoms with E-state index in [0.29, 0.717) is 5.92 Å². The molecule has 152 valence electrons. The Balaban J connectivity index is 1.53. The third-order valence-electron chi connectivity index (χ3n) is 6.68. The first-order valence-corrected chi connectivity index (χ1v) is 13.5. The van der Waals surface area contributed by atoms with E-state index in [4.69, 9.17) is 0 Å². The van der Waals surface area contributed by atoms with Gasteiger partial charge in [-0.15, -0.1) is 0 Å². The van der Waals surface area contributed by atoms with Crippen molar-refractivity contribution >= 4 is 29.7 Å². The van der Waals surface area contributed by atoms with Crippen LogP contribution in [0, 0.1) is 11.8 Å². The van der Waals surface area contributed by atoms with Crippen LogP contribution in [0.15, 0.2) is 127 Å². The molecule has 0 bridgehead atoms. The minimum Gasteiger partial charge on any atom is -0.0805 e. The van der Waals surface area contributed by atoms with Crippen molar-refractivity contribution in [2.75, 3.05) is 0 Å². The summed E-state index contributed by atoms with van der Waals surface area (Å²) >= 11 is 0. The van der Waals surface area contributed by atoms with Crippen LogP contribution in [0.1, 0.15) is 12.0 Å². The van der Waals surface area contributed by atoms with Crippen molar-refractivity contribution in [3.05, 3.63) is 133 Å². The highest BCUT2D eigenvalue weighted by Crippen LogP contribution is 2.45. The average Bonchev–Trinajstić information content (AvgIpc) is 3.61. The lowest BCUT2D eigenvalue weighted by atomic mass is 10.2. The lowest BCUT2D eigenvalue weighted by Gasteiger charge is -2.34. The summed E-state index contributed by atoms with van der Waals surface area (Å²) in [6, 6.07) is 45.8. The molecule has 0 heterocycles. The van der Waals surface area contributed by atoms with Crippen LogP contribution in [-0.4, -0.2) is 8.07 Å². The second-order valence-corrected chi connectivity index (χ2v) is 12.6. The Kier molecular flexibility index (Phi) is 5.69. The van der Waals surface area contributed by atoms with Gasteiger partial charge in [0.05, 0.1) is 0 Å². The van der Waals surface area contributed by atoms with Gasteiger partial charge in [-0.25, -0.2) is 0 Å². The summed E-state index contributed by atoms with van der Waals surface area (Å²) in [5.74, 6) is 1.43. The topological polar surface area (TPSA) is 0 Å². The van der Waals surface area contributed by atoms with Gasteiger partial charge in [-0.1, -0.05) is 133 Å². The van der Waals surface area contributed by atoms with Crippen LogP contribution in [0.2, 0.25) is 6.04 Å². The van der Waals surface area contributed by atoms with E-state index in [-0.39, 0.29) is 0 Å². The van der Waals surface area contributed by atoms with Gasteiger partial charge in [0, 0.05) is 0 Å². The van der Waals surface area contributed by atoms with Gasteiger partial charge < -0.3 is 0 Å². The zero-order valence-electron chi connectivity index (χ0n) is 17.8. The highest BCUT2D eigenvalue weighted by atomic mass is 28.3. The van der Waals surface area contributed by atoms with Crippen LogP contribution < -0.4 is 15.6 Å². The van der Waals surface area contributed by atoms with Gasteiger partial charge >= 0.3 is 0 Å². The van der Waals surface area contributed by atoms with Crippen molar-refractivity contribution in [2.45, 2.75) is 12.5 Å². The SMILES string of the molecule is C(=C\[C@H]1C[C@H]1C[Si](c1ccccc1)(c1ccccc1)c1ccccc1)/c1ccccc1. The van der Waals surface area contributed by atoms with Crippen LogP contribution in [0.5, 0.6) is 0 Å². The Labute approximate surface area is 186 Å². The largest absolute Gasteiger partial charge is 0.148 e. The smallest absolute Gasteiger partial charge is 0.0805 e. The molecule has 0 unspecified atom stereocenters. The zero-order valence-corrected chi connectivity index (χ0v) is 18.8. The van der Waals surface area contributed by atoms with Crippen molar-refractivity contribution in [1.29, 1.82) is 0 Å². The molecule has 1 saturated carbocycles. The molecule has 0 N–H and O–H groups in total. The van der Waals surface area contributed by atoms with Crippen molar-refractivity contribution < 1.29 is 0 Å². The van der Waals surface area contributed by atoms with Crippen LogP contribution in [-0.2, 0) is 0 Å². The second kappa shape index (κ2) is 8.91. The maximum atomic E-state index is 2.44. The van der Waals surface area contributed by atoms with Crippen LogP contribution in [0.25, 0.3) is 6.08 Å². The van der Waals surface area contributed by atoms with E-state index >= 15 is 0 Å². The van der Waals surface area contributed by atoms with Crippen LogP contribution in [0.3, 0.4) is 0 Å². The third kappa shape index (κ3) is 4.19. The number of benzene rings is 4. The summed E-state index contributed by atoms with van der Waals surface area (Å²) in [4.78, 5) is 0. The Hall–Kier alpha value is -3.16. The van der Waals surface area contributed by atoms with E-state index < -0.39 is 8.07 Å². The fourth-order valence-electron chi connectivity index (χ4n) is 4.96. The monoisotopic (exact) mass is 416 g/mol. The summed E-state index contributed by atoms with van der Waals surface area (Å²) in [6.45, 7) is 0. The molecule has 2 atom stereocenters. The van der Waals surface area contributed by atoms with Crippen molar-refractivity contribution in [3.63, 3.8) is 0 Å². The van der Waals surface area contributed by atoms with Gasteiger partial charge in [0.15, 0.2) is 0 Å². The molecule has 5 rings (SSSR count). The van der Waals surface area contributed by atoms with Gasteiger partial charge in [0.2, 0.25) is 0 Å². The lowest BCUT2D eigenvalue weighted by molar-refractivity contribution is 0.886. The number of hydrogen-bond donors (Lipinski definition) is 0. The Morgan fingerprint density at radius 3 is 1.45 bits per heavy atom. The molecule has 1 fully saturated rings. The molecule has 0 spiro atoms. The van der Waals surface area contributed by atoms with Gasteiger partial charge in [-0.3, -0.25) is 0 Å². The van der Waals surface area contributed by atoms with E-state index in [1.165, 1.54) is 33.6 Å². The molecule has 4 aromatic rings. The molecule has 31 heavy (non-hydrogen) atoms. The molecular weight excluding hydrogens is 388 g/mol. The van der Waals surface area contributed by atoms with Gasteiger partial charge in [0.25, 0.3) is 0 Å². The Bertz CT molecular complexity index is 1020. The Morgan fingerprint density at radius 2 is 1.00 bits per heavy atom. The molecule has 0 aliphatic heterocycles. The van der Waals surface area contributed by atoms with E-state index in [0.717, 1.165) is 5.92 Å². The number of hydrogen-bond acceptors (Lipinski definition) is 0. The standard InChI is InChI=1S/C30H28Si/c1-5-13-25(14-6-1)21-22-26-23-27(26)24-31(28-15-7-2-8-16-28,29-17-9-3-10-18-29)30-19-11-4-12-20-30/h1-22,26-27H,23-24H2/b22-21+/t26-,27-/m0/s1. The fourth-order valence-corrected chi connectivity index (χ4v) is 10.2. The number of allylic oxidation sites excluding steroid dienone is 1. The van der Waals surface area contributed by atoms with Crippen molar-refractivity contribution in [1.82, 2.24) is 0 Å². The molecule has 0 radical (unpaired) electrons. The summed E-state index contributed by atoms with van der Waals surface area (Å²) < 4.78 is 0. The summed E-state index contributed by atoms with van der Waals surface area (Å²) in [5, 5.41) is 4.56. The fraction of sp³-hybridized carbons (Fsp3) is 0.133. The van der Waals surface area contributed by atoms with Crippen LogP contribution in [0.4, 0.5) is 0 Å².